The van der Waals surface area contributed by atoms with Crippen LogP contribution in [-0.4, -0.2) is 21.7 Å². The lowest BCUT2D eigenvalue weighted by Gasteiger charge is -2.08. The van der Waals surface area contributed by atoms with Gasteiger partial charge in [0, 0.05) is 5.69 Å². The lowest BCUT2D eigenvalue weighted by Crippen LogP contribution is -2.11. The monoisotopic (exact) mass is 227 g/mol. The standard InChI is InChI=1S/C11H17NO2S/c1-9(2)10-3-5-11(6-4-10)12-15(14)8-7-13/h3-6,9,12-13H,7-8H2,1-2H3. The van der Waals surface area contributed by atoms with Crippen LogP contribution in [0.1, 0.15) is 25.3 Å². The first-order valence-electron chi connectivity index (χ1n) is 4.99. The Kier molecular flexibility index (Phi) is 4.78. The predicted molar refractivity (Wildman–Crippen MR) is 64.2 cm³/mol. The fourth-order valence-electron chi connectivity index (χ4n) is 1.20. The molecule has 1 rings (SSSR count). The van der Waals surface area contributed by atoms with Crippen LogP contribution in [0.25, 0.3) is 0 Å². The normalized spacial score (nSPS) is 12.8. The lowest BCUT2D eigenvalue weighted by molar-refractivity contribution is 0.321. The second-order valence-electron chi connectivity index (χ2n) is 3.65. The number of aliphatic hydroxyl groups excluding tert-OH is 1. The van der Waals surface area contributed by atoms with Gasteiger partial charge in [-0.3, -0.25) is 0 Å². The van der Waals surface area contributed by atoms with Crippen LogP contribution in [0.4, 0.5) is 5.69 Å². The van der Waals surface area contributed by atoms with E-state index in [0.717, 1.165) is 5.69 Å². The van der Waals surface area contributed by atoms with Crippen molar-refractivity contribution in [3.05, 3.63) is 29.8 Å². The summed E-state index contributed by atoms with van der Waals surface area (Å²) in [6.07, 6.45) is 0. The topological polar surface area (TPSA) is 49.3 Å². The van der Waals surface area contributed by atoms with Crippen LogP contribution in [-0.2, 0) is 11.0 Å². The number of benzene rings is 1. The molecule has 0 aliphatic carbocycles. The summed E-state index contributed by atoms with van der Waals surface area (Å²) in [6, 6.07) is 7.85. The summed E-state index contributed by atoms with van der Waals surface area (Å²) in [7, 11) is -1.19. The van der Waals surface area contributed by atoms with Gasteiger partial charge in [-0.2, -0.15) is 0 Å². The van der Waals surface area contributed by atoms with E-state index < -0.39 is 11.0 Å². The third-order valence-corrected chi connectivity index (χ3v) is 3.10. The summed E-state index contributed by atoms with van der Waals surface area (Å²) in [4.78, 5) is 0. The third kappa shape index (κ3) is 4.01. The molecule has 1 atom stereocenters. The Morgan fingerprint density at radius 2 is 1.93 bits per heavy atom. The molecule has 0 spiro atoms. The zero-order valence-corrected chi connectivity index (χ0v) is 9.88. The Labute approximate surface area is 93.1 Å². The van der Waals surface area contributed by atoms with Crippen molar-refractivity contribution < 1.29 is 9.32 Å². The van der Waals surface area contributed by atoms with Crippen LogP contribution in [0.3, 0.4) is 0 Å². The highest BCUT2D eigenvalue weighted by atomic mass is 32.2. The average Bonchev–Trinajstić information content (AvgIpc) is 2.18. The predicted octanol–water partition coefficient (Wildman–Crippen LogP) is 1.88. The minimum Gasteiger partial charge on any atom is -0.395 e. The molecule has 0 aromatic heterocycles. The molecule has 0 heterocycles. The summed E-state index contributed by atoms with van der Waals surface area (Å²) in [5.41, 5.74) is 2.08. The van der Waals surface area contributed by atoms with E-state index in [4.69, 9.17) is 5.11 Å². The molecule has 3 nitrogen and oxygen atoms in total. The van der Waals surface area contributed by atoms with E-state index in [1.54, 1.807) is 0 Å². The van der Waals surface area contributed by atoms with Gasteiger partial charge < -0.3 is 9.83 Å². The van der Waals surface area contributed by atoms with Gasteiger partial charge in [-0.05, 0) is 23.6 Å². The zero-order chi connectivity index (χ0) is 11.3. The fourth-order valence-corrected chi connectivity index (χ4v) is 1.87. The summed E-state index contributed by atoms with van der Waals surface area (Å²) < 4.78 is 14.1. The minimum atomic E-state index is -1.19. The number of anilines is 1. The maximum Gasteiger partial charge on any atom is 0.119 e. The quantitative estimate of drug-likeness (QED) is 0.807. The maximum absolute atomic E-state index is 11.3. The molecule has 1 aromatic carbocycles. The maximum atomic E-state index is 11.3. The van der Waals surface area contributed by atoms with Crippen LogP contribution in [0.15, 0.2) is 24.3 Å². The largest absolute Gasteiger partial charge is 0.395 e. The van der Waals surface area contributed by atoms with Crippen molar-refractivity contribution in [3.8, 4) is 0 Å². The SMILES string of the molecule is CC(C)c1ccc(NS(=O)CCO)cc1. The lowest BCUT2D eigenvalue weighted by atomic mass is 10.0. The fraction of sp³-hybridized carbons (Fsp3) is 0.455. The van der Waals surface area contributed by atoms with E-state index in [1.807, 2.05) is 24.3 Å². The number of hydrogen-bond acceptors (Lipinski definition) is 2. The average molecular weight is 227 g/mol. The molecule has 84 valence electrons. The number of nitrogens with one attached hydrogen (secondary N) is 1. The Morgan fingerprint density at radius 1 is 1.33 bits per heavy atom. The van der Waals surface area contributed by atoms with Gasteiger partial charge in [0.05, 0.1) is 12.4 Å². The van der Waals surface area contributed by atoms with Gasteiger partial charge in [-0.25, -0.2) is 4.21 Å². The molecule has 0 aliphatic rings. The summed E-state index contributed by atoms with van der Waals surface area (Å²) in [5.74, 6) is 0.758. The van der Waals surface area contributed by atoms with Crippen LogP contribution in [0, 0.1) is 0 Å². The Bertz CT molecular complexity index is 322. The van der Waals surface area contributed by atoms with Crippen molar-refractivity contribution in [2.75, 3.05) is 17.1 Å². The van der Waals surface area contributed by atoms with Crippen molar-refractivity contribution in [1.29, 1.82) is 0 Å². The van der Waals surface area contributed by atoms with E-state index in [9.17, 15) is 4.21 Å². The van der Waals surface area contributed by atoms with E-state index >= 15 is 0 Å². The van der Waals surface area contributed by atoms with Crippen LogP contribution < -0.4 is 4.72 Å². The number of hydrogen-bond donors (Lipinski definition) is 2. The van der Waals surface area contributed by atoms with Crippen molar-refractivity contribution in [2.45, 2.75) is 19.8 Å². The zero-order valence-electron chi connectivity index (χ0n) is 9.06. The smallest absolute Gasteiger partial charge is 0.119 e. The molecule has 0 saturated heterocycles. The highest BCUT2D eigenvalue weighted by Crippen LogP contribution is 2.17. The third-order valence-electron chi connectivity index (χ3n) is 2.09. The van der Waals surface area contributed by atoms with Crippen molar-refractivity contribution >= 4 is 16.7 Å². The van der Waals surface area contributed by atoms with E-state index in [1.165, 1.54) is 5.56 Å². The highest BCUT2D eigenvalue weighted by molar-refractivity contribution is 7.86. The molecule has 1 aromatic rings. The molecule has 15 heavy (non-hydrogen) atoms. The molecular weight excluding hydrogens is 210 g/mol. The summed E-state index contributed by atoms with van der Waals surface area (Å²) >= 11 is 0. The highest BCUT2D eigenvalue weighted by Gasteiger charge is 2.01. The van der Waals surface area contributed by atoms with Crippen molar-refractivity contribution in [1.82, 2.24) is 0 Å². The van der Waals surface area contributed by atoms with Gasteiger partial charge in [0.2, 0.25) is 0 Å². The van der Waals surface area contributed by atoms with Crippen LogP contribution >= 0.6 is 0 Å². The summed E-state index contributed by atoms with van der Waals surface area (Å²) in [6.45, 7) is 4.20. The van der Waals surface area contributed by atoms with Gasteiger partial charge in [-0.1, -0.05) is 26.0 Å². The molecule has 4 heteroatoms. The first kappa shape index (κ1) is 12.2. The number of aliphatic hydroxyl groups is 1. The second kappa shape index (κ2) is 5.88. The molecule has 0 aliphatic heterocycles. The van der Waals surface area contributed by atoms with Gasteiger partial charge >= 0.3 is 0 Å². The summed E-state index contributed by atoms with van der Waals surface area (Å²) in [5, 5.41) is 8.60. The Morgan fingerprint density at radius 3 is 2.40 bits per heavy atom. The van der Waals surface area contributed by atoms with E-state index in [2.05, 4.69) is 18.6 Å². The molecule has 0 fully saturated rings. The first-order valence-corrected chi connectivity index (χ1v) is 6.31. The molecule has 0 amide bonds. The van der Waals surface area contributed by atoms with E-state index in [0.29, 0.717) is 5.92 Å². The number of rotatable bonds is 5. The van der Waals surface area contributed by atoms with Crippen molar-refractivity contribution in [3.63, 3.8) is 0 Å². The second-order valence-corrected chi connectivity index (χ2v) is 4.96. The van der Waals surface area contributed by atoms with Gasteiger partial charge in [0.15, 0.2) is 0 Å². The van der Waals surface area contributed by atoms with Crippen LogP contribution in [0.2, 0.25) is 0 Å². The molecule has 0 bridgehead atoms. The van der Waals surface area contributed by atoms with Gasteiger partial charge in [0.25, 0.3) is 0 Å². The minimum absolute atomic E-state index is 0.0658. The van der Waals surface area contributed by atoms with E-state index in [-0.39, 0.29) is 12.4 Å². The molecule has 0 radical (unpaired) electrons. The van der Waals surface area contributed by atoms with Crippen molar-refractivity contribution in [2.24, 2.45) is 0 Å². The molecule has 1 unspecified atom stereocenters. The first-order chi connectivity index (χ1) is 7.13. The molecule has 2 N–H and O–H groups in total. The Balaban J connectivity index is 2.60. The van der Waals surface area contributed by atoms with Gasteiger partial charge in [0.1, 0.15) is 11.0 Å². The van der Waals surface area contributed by atoms with Crippen LogP contribution in [0.5, 0.6) is 0 Å². The van der Waals surface area contributed by atoms with Gasteiger partial charge in [-0.15, -0.1) is 0 Å². The Hall–Kier alpha value is -0.870. The molecule has 0 saturated carbocycles. The molecular formula is C11H17NO2S.